The minimum absolute atomic E-state index is 0.0442. The molecule has 0 radical (unpaired) electrons. The summed E-state index contributed by atoms with van der Waals surface area (Å²) in [4.78, 5) is 13.1. The Morgan fingerprint density at radius 2 is 1.42 bits per heavy atom. The molecule has 0 heterocycles. The number of hydrogen-bond donors (Lipinski definition) is 1. The first-order chi connectivity index (χ1) is 12.8. The zero-order chi connectivity index (χ0) is 18.0. The van der Waals surface area contributed by atoms with E-state index in [2.05, 4.69) is 66.8 Å². The van der Waals surface area contributed by atoms with Crippen LogP contribution in [-0.4, -0.2) is 5.91 Å². The van der Waals surface area contributed by atoms with Gasteiger partial charge in [0.1, 0.15) is 0 Å². The summed E-state index contributed by atoms with van der Waals surface area (Å²) in [5.41, 5.74) is 4.33. The van der Waals surface area contributed by atoms with Gasteiger partial charge in [-0.05, 0) is 35.6 Å². The lowest BCUT2D eigenvalue weighted by molar-refractivity contribution is -0.117. The molecule has 3 aromatic carbocycles. The van der Waals surface area contributed by atoms with E-state index in [0.29, 0.717) is 0 Å². The molecule has 0 unspecified atom stereocenters. The minimum Gasteiger partial charge on any atom is -0.326 e. The van der Waals surface area contributed by atoms with Crippen molar-refractivity contribution >= 4 is 11.6 Å². The monoisotopic (exact) mass is 341 g/mol. The Bertz CT molecular complexity index is 862. The molecule has 0 aliphatic heterocycles. The standard InChI is InChI=1S/C24H23NO/c1-2-18-11-9-10-16-22(18)25-23(26)21-17-24(21,19-12-5-3-6-13-19)20-14-7-4-8-15-20/h3-16,21H,2,17H2,1H3,(H,25,26)/t21-/m1/s1. The van der Waals surface area contributed by atoms with E-state index in [1.807, 2.05) is 30.3 Å². The maximum atomic E-state index is 13.1. The molecule has 1 fully saturated rings. The van der Waals surface area contributed by atoms with Crippen molar-refractivity contribution in [1.82, 2.24) is 0 Å². The summed E-state index contributed by atoms with van der Waals surface area (Å²) >= 11 is 0. The second-order valence-electron chi connectivity index (χ2n) is 6.96. The van der Waals surface area contributed by atoms with Crippen LogP contribution in [0.25, 0.3) is 0 Å². The van der Waals surface area contributed by atoms with Gasteiger partial charge in [0.15, 0.2) is 0 Å². The first-order valence-electron chi connectivity index (χ1n) is 9.25. The third-order valence-corrected chi connectivity index (χ3v) is 5.51. The maximum Gasteiger partial charge on any atom is 0.228 e. The topological polar surface area (TPSA) is 29.1 Å². The summed E-state index contributed by atoms with van der Waals surface area (Å²) in [6, 6.07) is 28.9. The van der Waals surface area contributed by atoms with Crippen LogP contribution in [0.1, 0.15) is 30.0 Å². The molecule has 1 saturated carbocycles. The van der Waals surface area contributed by atoms with Gasteiger partial charge < -0.3 is 5.32 Å². The van der Waals surface area contributed by atoms with Crippen molar-refractivity contribution < 1.29 is 4.79 Å². The van der Waals surface area contributed by atoms with Crippen molar-refractivity contribution in [2.75, 3.05) is 5.32 Å². The molecule has 1 amide bonds. The van der Waals surface area contributed by atoms with Gasteiger partial charge in [-0.1, -0.05) is 85.8 Å². The van der Waals surface area contributed by atoms with Crippen LogP contribution >= 0.6 is 0 Å². The third kappa shape index (κ3) is 2.82. The minimum atomic E-state index is -0.215. The lowest BCUT2D eigenvalue weighted by atomic mass is 9.85. The fourth-order valence-electron chi connectivity index (χ4n) is 4.03. The van der Waals surface area contributed by atoms with Crippen LogP contribution in [0.15, 0.2) is 84.9 Å². The van der Waals surface area contributed by atoms with Gasteiger partial charge in [0, 0.05) is 11.1 Å². The molecule has 2 nitrogen and oxygen atoms in total. The highest BCUT2D eigenvalue weighted by Crippen LogP contribution is 2.59. The number of nitrogens with one attached hydrogen (secondary N) is 1. The molecule has 1 atom stereocenters. The molecule has 1 aliphatic rings. The largest absolute Gasteiger partial charge is 0.326 e. The van der Waals surface area contributed by atoms with Crippen LogP contribution in [0.5, 0.6) is 0 Å². The Morgan fingerprint density at radius 1 is 0.885 bits per heavy atom. The van der Waals surface area contributed by atoms with Crippen LogP contribution < -0.4 is 5.32 Å². The van der Waals surface area contributed by atoms with Crippen molar-refractivity contribution in [2.45, 2.75) is 25.2 Å². The molecule has 1 N–H and O–H groups in total. The highest BCUT2D eigenvalue weighted by Gasteiger charge is 2.60. The van der Waals surface area contributed by atoms with E-state index < -0.39 is 0 Å². The molecule has 1 aliphatic carbocycles. The van der Waals surface area contributed by atoms with Crippen molar-refractivity contribution in [3.05, 3.63) is 102 Å². The smallest absolute Gasteiger partial charge is 0.228 e. The highest BCUT2D eigenvalue weighted by atomic mass is 16.2. The number of carbonyl (C=O) groups is 1. The molecule has 130 valence electrons. The zero-order valence-corrected chi connectivity index (χ0v) is 15.0. The van der Waals surface area contributed by atoms with E-state index in [1.165, 1.54) is 16.7 Å². The predicted octanol–water partition coefficient (Wildman–Crippen LogP) is 5.19. The summed E-state index contributed by atoms with van der Waals surface area (Å²) in [5, 5.41) is 3.18. The zero-order valence-electron chi connectivity index (χ0n) is 15.0. The Hall–Kier alpha value is -2.87. The lowest BCUT2D eigenvalue weighted by Crippen LogP contribution is -2.22. The Morgan fingerprint density at radius 3 is 2.00 bits per heavy atom. The number of amides is 1. The number of carbonyl (C=O) groups excluding carboxylic acids is 1. The second kappa shape index (κ2) is 6.80. The van der Waals surface area contributed by atoms with Crippen LogP contribution in [0.2, 0.25) is 0 Å². The Kier molecular flexibility index (Phi) is 4.34. The number of para-hydroxylation sites is 1. The fraction of sp³-hybridized carbons (Fsp3) is 0.208. The van der Waals surface area contributed by atoms with Crippen LogP contribution in [0, 0.1) is 5.92 Å². The quantitative estimate of drug-likeness (QED) is 0.679. The van der Waals surface area contributed by atoms with Gasteiger partial charge in [0.25, 0.3) is 0 Å². The van der Waals surface area contributed by atoms with Gasteiger partial charge in [0.05, 0.1) is 5.92 Å². The van der Waals surface area contributed by atoms with Crippen molar-refractivity contribution in [1.29, 1.82) is 0 Å². The summed E-state index contributed by atoms with van der Waals surface area (Å²) in [6.07, 6.45) is 1.75. The van der Waals surface area contributed by atoms with E-state index in [0.717, 1.165) is 18.5 Å². The van der Waals surface area contributed by atoms with Gasteiger partial charge in [-0.25, -0.2) is 0 Å². The number of benzene rings is 3. The van der Waals surface area contributed by atoms with E-state index >= 15 is 0 Å². The number of aryl methyl sites for hydroxylation is 1. The fourth-order valence-corrected chi connectivity index (χ4v) is 4.03. The molecule has 0 spiro atoms. The first-order valence-corrected chi connectivity index (χ1v) is 9.25. The summed E-state index contributed by atoms with van der Waals surface area (Å²) in [6.45, 7) is 2.11. The van der Waals surface area contributed by atoms with Crippen LogP contribution in [0.4, 0.5) is 5.69 Å². The lowest BCUT2D eigenvalue weighted by Gasteiger charge is -2.19. The second-order valence-corrected chi connectivity index (χ2v) is 6.96. The predicted molar refractivity (Wildman–Crippen MR) is 106 cm³/mol. The van der Waals surface area contributed by atoms with E-state index in [4.69, 9.17) is 0 Å². The van der Waals surface area contributed by atoms with Gasteiger partial charge in [-0.3, -0.25) is 4.79 Å². The Labute approximate surface area is 154 Å². The van der Waals surface area contributed by atoms with E-state index in [9.17, 15) is 4.79 Å². The number of hydrogen-bond acceptors (Lipinski definition) is 1. The average molecular weight is 341 g/mol. The van der Waals surface area contributed by atoms with E-state index in [1.54, 1.807) is 0 Å². The van der Waals surface area contributed by atoms with Gasteiger partial charge in [-0.2, -0.15) is 0 Å². The molecule has 0 saturated heterocycles. The van der Waals surface area contributed by atoms with Gasteiger partial charge >= 0.3 is 0 Å². The Balaban J connectivity index is 1.66. The molecule has 0 aromatic heterocycles. The number of rotatable bonds is 5. The van der Waals surface area contributed by atoms with Crippen LogP contribution in [0.3, 0.4) is 0 Å². The maximum absolute atomic E-state index is 13.1. The van der Waals surface area contributed by atoms with Gasteiger partial charge in [-0.15, -0.1) is 0 Å². The SMILES string of the molecule is CCc1ccccc1NC(=O)[C@H]1CC1(c1ccccc1)c1ccccc1. The summed E-state index contributed by atoms with van der Waals surface area (Å²) in [5.74, 6) is 0.0656. The molecule has 0 bridgehead atoms. The van der Waals surface area contributed by atoms with Crippen LogP contribution in [-0.2, 0) is 16.6 Å². The molecular formula is C24H23NO. The van der Waals surface area contributed by atoms with Gasteiger partial charge in [0.2, 0.25) is 5.91 Å². The molecule has 26 heavy (non-hydrogen) atoms. The van der Waals surface area contributed by atoms with Crippen molar-refractivity contribution in [2.24, 2.45) is 5.92 Å². The van der Waals surface area contributed by atoms with Crippen molar-refractivity contribution in [3.63, 3.8) is 0 Å². The molecular weight excluding hydrogens is 318 g/mol. The molecule has 3 aromatic rings. The third-order valence-electron chi connectivity index (χ3n) is 5.51. The first kappa shape index (κ1) is 16.6. The average Bonchev–Trinajstić information content (AvgIpc) is 3.47. The highest BCUT2D eigenvalue weighted by molar-refractivity contribution is 5.97. The summed E-state index contributed by atoms with van der Waals surface area (Å²) in [7, 11) is 0. The normalized spacial score (nSPS) is 17.5. The summed E-state index contributed by atoms with van der Waals surface area (Å²) < 4.78 is 0. The number of anilines is 1. The van der Waals surface area contributed by atoms with E-state index in [-0.39, 0.29) is 17.2 Å². The van der Waals surface area contributed by atoms with Crippen molar-refractivity contribution in [3.8, 4) is 0 Å². The molecule has 4 rings (SSSR count). The molecule has 2 heteroatoms.